The van der Waals surface area contributed by atoms with E-state index >= 15 is 0 Å². The van der Waals surface area contributed by atoms with Crippen molar-refractivity contribution in [3.05, 3.63) is 34.9 Å². The first kappa shape index (κ1) is 13.5. The van der Waals surface area contributed by atoms with Crippen LogP contribution in [0.4, 0.5) is 0 Å². The second-order valence-electron chi connectivity index (χ2n) is 3.71. The van der Waals surface area contributed by atoms with Crippen molar-refractivity contribution in [2.24, 2.45) is 0 Å². The monoisotopic (exact) mass is 255 g/mol. The number of hydrogen-bond donors (Lipinski definition) is 1. The number of halogens is 1. The lowest BCUT2D eigenvalue weighted by Crippen LogP contribution is -2.30. The summed E-state index contributed by atoms with van der Waals surface area (Å²) < 4.78 is 0. The van der Waals surface area contributed by atoms with Crippen molar-refractivity contribution in [3.63, 3.8) is 0 Å². The van der Waals surface area contributed by atoms with Gasteiger partial charge in [0.1, 0.15) is 0 Å². The van der Waals surface area contributed by atoms with E-state index in [-0.39, 0.29) is 18.9 Å². The molecule has 1 aromatic carbocycles. The van der Waals surface area contributed by atoms with Crippen molar-refractivity contribution in [2.75, 3.05) is 6.54 Å². The van der Waals surface area contributed by atoms with Gasteiger partial charge >= 0.3 is 5.97 Å². The zero-order chi connectivity index (χ0) is 12.8. The Morgan fingerprint density at radius 2 is 1.88 bits per heavy atom. The van der Waals surface area contributed by atoms with Gasteiger partial charge in [0.15, 0.2) is 0 Å². The Labute approximate surface area is 105 Å². The van der Waals surface area contributed by atoms with Crippen LogP contribution in [-0.2, 0) is 16.1 Å². The SMILES string of the molecule is CC(=O)N(CCC(=O)O)Cc1ccc(Cl)cc1. The molecule has 0 aromatic heterocycles. The summed E-state index contributed by atoms with van der Waals surface area (Å²) in [6.45, 7) is 2.05. The van der Waals surface area contributed by atoms with Gasteiger partial charge in [-0.15, -0.1) is 0 Å². The van der Waals surface area contributed by atoms with E-state index in [2.05, 4.69) is 0 Å². The molecular weight excluding hydrogens is 242 g/mol. The molecule has 5 heteroatoms. The third kappa shape index (κ3) is 4.87. The topological polar surface area (TPSA) is 57.6 Å². The lowest BCUT2D eigenvalue weighted by Gasteiger charge is -2.20. The van der Waals surface area contributed by atoms with Crippen molar-refractivity contribution in [1.82, 2.24) is 4.90 Å². The maximum absolute atomic E-state index is 11.3. The number of benzene rings is 1. The van der Waals surface area contributed by atoms with E-state index < -0.39 is 5.97 Å². The summed E-state index contributed by atoms with van der Waals surface area (Å²) in [7, 11) is 0. The third-order valence-corrected chi connectivity index (χ3v) is 2.58. The van der Waals surface area contributed by atoms with E-state index in [1.165, 1.54) is 11.8 Å². The third-order valence-electron chi connectivity index (χ3n) is 2.33. The largest absolute Gasteiger partial charge is 0.481 e. The summed E-state index contributed by atoms with van der Waals surface area (Å²) in [6.07, 6.45) is -0.0484. The number of nitrogens with zero attached hydrogens (tertiary/aromatic N) is 1. The summed E-state index contributed by atoms with van der Waals surface area (Å²) in [5, 5.41) is 9.22. The Bertz CT molecular complexity index is 403. The van der Waals surface area contributed by atoms with Crippen LogP contribution in [0.25, 0.3) is 0 Å². The number of aliphatic carboxylic acids is 1. The van der Waals surface area contributed by atoms with Crippen molar-refractivity contribution in [1.29, 1.82) is 0 Å². The maximum atomic E-state index is 11.3. The van der Waals surface area contributed by atoms with Gasteiger partial charge < -0.3 is 10.0 Å². The molecule has 0 atom stereocenters. The molecule has 1 aromatic rings. The summed E-state index contributed by atoms with van der Waals surface area (Å²) in [6, 6.07) is 7.12. The van der Waals surface area contributed by atoms with Crippen LogP contribution in [0, 0.1) is 0 Å². The molecule has 0 bridgehead atoms. The van der Waals surface area contributed by atoms with Crippen molar-refractivity contribution < 1.29 is 14.7 Å². The van der Waals surface area contributed by atoms with Crippen molar-refractivity contribution in [3.8, 4) is 0 Å². The molecule has 1 rings (SSSR count). The summed E-state index contributed by atoms with van der Waals surface area (Å²) in [5.41, 5.74) is 0.926. The molecule has 0 fully saturated rings. The molecular formula is C12H14ClNO3. The van der Waals surface area contributed by atoms with Crippen LogP contribution < -0.4 is 0 Å². The highest BCUT2D eigenvalue weighted by Crippen LogP contribution is 2.11. The highest BCUT2D eigenvalue weighted by Gasteiger charge is 2.11. The molecule has 17 heavy (non-hydrogen) atoms. The van der Waals surface area contributed by atoms with Gasteiger partial charge in [0.2, 0.25) is 5.91 Å². The Morgan fingerprint density at radius 1 is 1.29 bits per heavy atom. The van der Waals surface area contributed by atoms with Gasteiger partial charge in [-0.3, -0.25) is 9.59 Å². The van der Waals surface area contributed by atoms with Gasteiger partial charge in [-0.2, -0.15) is 0 Å². The lowest BCUT2D eigenvalue weighted by atomic mass is 10.2. The van der Waals surface area contributed by atoms with E-state index in [0.29, 0.717) is 11.6 Å². The molecule has 1 N–H and O–H groups in total. The quantitative estimate of drug-likeness (QED) is 0.877. The highest BCUT2D eigenvalue weighted by atomic mass is 35.5. The normalized spacial score (nSPS) is 10.0. The van der Waals surface area contributed by atoms with Crippen LogP contribution in [0.3, 0.4) is 0 Å². The van der Waals surface area contributed by atoms with E-state index in [9.17, 15) is 9.59 Å². The van der Waals surface area contributed by atoms with Crippen molar-refractivity contribution in [2.45, 2.75) is 19.9 Å². The molecule has 0 unspecified atom stereocenters. The van der Waals surface area contributed by atoms with Crippen LogP contribution in [0.2, 0.25) is 5.02 Å². The first-order chi connectivity index (χ1) is 7.99. The first-order valence-corrected chi connectivity index (χ1v) is 5.58. The van der Waals surface area contributed by atoms with Crippen LogP contribution in [0.5, 0.6) is 0 Å². The number of carbonyl (C=O) groups excluding carboxylic acids is 1. The molecule has 0 aliphatic carbocycles. The average Bonchev–Trinajstić information content (AvgIpc) is 2.26. The number of carbonyl (C=O) groups is 2. The fourth-order valence-corrected chi connectivity index (χ4v) is 1.51. The summed E-state index contributed by atoms with van der Waals surface area (Å²) >= 11 is 5.76. The molecule has 4 nitrogen and oxygen atoms in total. The minimum absolute atomic E-state index is 0.0484. The van der Waals surface area contributed by atoms with Gasteiger partial charge in [0, 0.05) is 25.0 Å². The number of hydrogen-bond acceptors (Lipinski definition) is 2. The number of amides is 1. The molecule has 0 heterocycles. The van der Waals surface area contributed by atoms with E-state index in [1.807, 2.05) is 12.1 Å². The summed E-state index contributed by atoms with van der Waals surface area (Å²) in [4.78, 5) is 23.3. The van der Waals surface area contributed by atoms with E-state index in [1.54, 1.807) is 12.1 Å². The first-order valence-electron chi connectivity index (χ1n) is 5.21. The highest BCUT2D eigenvalue weighted by molar-refractivity contribution is 6.30. The van der Waals surface area contributed by atoms with Gasteiger partial charge in [-0.25, -0.2) is 0 Å². The fraction of sp³-hybridized carbons (Fsp3) is 0.333. The maximum Gasteiger partial charge on any atom is 0.305 e. The van der Waals surface area contributed by atoms with E-state index in [0.717, 1.165) is 5.56 Å². The van der Waals surface area contributed by atoms with Crippen LogP contribution in [0.1, 0.15) is 18.9 Å². The molecule has 0 radical (unpaired) electrons. The van der Waals surface area contributed by atoms with Crippen molar-refractivity contribution >= 4 is 23.5 Å². The minimum atomic E-state index is -0.910. The molecule has 0 aliphatic rings. The summed E-state index contributed by atoms with van der Waals surface area (Å²) in [5.74, 6) is -1.05. The smallest absolute Gasteiger partial charge is 0.305 e. The predicted octanol–water partition coefficient (Wildman–Crippen LogP) is 2.16. The Hall–Kier alpha value is -1.55. The zero-order valence-corrected chi connectivity index (χ0v) is 10.3. The van der Waals surface area contributed by atoms with E-state index in [4.69, 9.17) is 16.7 Å². The van der Waals surface area contributed by atoms with Gasteiger partial charge in [0.05, 0.1) is 6.42 Å². The lowest BCUT2D eigenvalue weighted by molar-refractivity contribution is -0.138. The molecule has 0 saturated carbocycles. The fourth-order valence-electron chi connectivity index (χ4n) is 1.39. The molecule has 0 saturated heterocycles. The zero-order valence-electron chi connectivity index (χ0n) is 9.52. The van der Waals surface area contributed by atoms with Gasteiger partial charge in [0.25, 0.3) is 0 Å². The predicted molar refractivity (Wildman–Crippen MR) is 64.8 cm³/mol. The van der Waals surface area contributed by atoms with Crippen LogP contribution in [0.15, 0.2) is 24.3 Å². The molecule has 1 amide bonds. The number of carboxylic acid groups (broad SMARTS) is 1. The van der Waals surface area contributed by atoms with Gasteiger partial charge in [-0.1, -0.05) is 23.7 Å². The molecule has 0 spiro atoms. The van der Waals surface area contributed by atoms with Crippen LogP contribution >= 0.6 is 11.6 Å². The number of carboxylic acids is 1. The molecule has 0 aliphatic heterocycles. The second-order valence-corrected chi connectivity index (χ2v) is 4.15. The Morgan fingerprint density at radius 3 is 2.35 bits per heavy atom. The Balaban J connectivity index is 2.63. The minimum Gasteiger partial charge on any atom is -0.481 e. The Kier molecular flexibility index (Phi) is 4.97. The second kappa shape index (κ2) is 6.25. The standard InChI is InChI=1S/C12H14ClNO3/c1-9(15)14(7-6-12(16)17)8-10-2-4-11(13)5-3-10/h2-5H,6-8H2,1H3,(H,16,17). The average molecular weight is 256 g/mol. The van der Waals surface area contributed by atoms with Gasteiger partial charge in [-0.05, 0) is 17.7 Å². The molecule has 92 valence electrons. The van der Waals surface area contributed by atoms with Crippen LogP contribution in [-0.4, -0.2) is 28.4 Å². The number of rotatable bonds is 5.